The van der Waals surface area contributed by atoms with Crippen molar-refractivity contribution in [1.29, 1.82) is 0 Å². The Morgan fingerprint density at radius 2 is 2.20 bits per heavy atom. The zero-order chi connectivity index (χ0) is 13.9. The topological polar surface area (TPSA) is 55.6 Å². The quantitative estimate of drug-likeness (QED) is 0.801. The van der Waals surface area contributed by atoms with E-state index in [1.54, 1.807) is 12.5 Å². The van der Waals surface area contributed by atoms with Gasteiger partial charge in [-0.1, -0.05) is 11.6 Å². The maximum Gasteiger partial charge on any atom is 0.152 e. The van der Waals surface area contributed by atoms with E-state index in [4.69, 9.17) is 11.6 Å². The van der Waals surface area contributed by atoms with Crippen molar-refractivity contribution >= 4 is 28.2 Å². The van der Waals surface area contributed by atoms with Crippen molar-refractivity contribution in [3.63, 3.8) is 0 Å². The summed E-state index contributed by atoms with van der Waals surface area (Å²) in [6.07, 6.45) is 3.51. The summed E-state index contributed by atoms with van der Waals surface area (Å²) >= 11 is 5.99. The van der Waals surface area contributed by atoms with Gasteiger partial charge in [0.05, 0.1) is 12.1 Å². The first-order valence-corrected chi connectivity index (χ1v) is 6.80. The summed E-state index contributed by atoms with van der Waals surface area (Å²) < 4.78 is 2.01. The molecule has 0 fully saturated rings. The molecule has 0 aliphatic carbocycles. The fourth-order valence-electron chi connectivity index (χ4n) is 2.13. The number of aromatic nitrogens is 4. The molecular weight excluding hydrogens is 274 g/mol. The summed E-state index contributed by atoms with van der Waals surface area (Å²) in [7, 11) is 0. The van der Waals surface area contributed by atoms with Crippen molar-refractivity contribution in [3.8, 4) is 0 Å². The molecule has 0 spiro atoms. The van der Waals surface area contributed by atoms with Crippen LogP contribution < -0.4 is 5.32 Å². The highest BCUT2D eigenvalue weighted by molar-refractivity contribution is 6.31. The third-order valence-electron chi connectivity index (χ3n) is 3.18. The minimum Gasteiger partial charge on any atom is -0.377 e. The van der Waals surface area contributed by atoms with Crippen molar-refractivity contribution in [2.45, 2.75) is 20.0 Å². The number of pyridine rings is 1. The molecule has 0 unspecified atom stereocenters. The molecule has 0 saturated heterocycles. The van der Waals surface area contributed by atoms with Crippen molar-refractivity contribution in [3.05, 3.63) is 47.6 Å². The molecule has 0 aliphatic heterocycles. The summed E-state index contributed by atoms with van der Waals surface area (Å²) in [6.45, 7) is 3.54. The Kier molecular flexibility index (Phi) is 3.52. The van der Waals surface area contributed by atoms with Gasteiger partial charge < -0.3 is 9.88 Å². The molecule has 3 aromatic rings. The number of rotatable bonds is 4. The lowest BCUT2D eigenvalue weighted by atomic mass is 10.2. The van der Waals surface area contributed by atoms with E-state index in [-0.39, 0.29) is 0 Å². The first kappa shape index (κ1) is 12.9. The molecule has 6 heteroatoms. The van der Waals surface area contributed by atoms with E-state index >= 15 is 0 Å². The Morgan fingerprint density at radius 3 is 3.05 bits per heavy atom. The Balaban J connectivity index is 1.88. The van der Waals surface area contributed by atoms with Gasteiger partial charge in [-0.2, -0.15) is 0 Å². The van der Waals surface area contributed by atoms with E-state index in [1.165, 1.54) is 0 Å². The van der Waals surface area contributed by atoms with Gasteiger partial charge in [-0.05, 0) is 31.2 Å². The number of fused-ring (bicyclic) bond motifs is 1. The number of halogens is 1. The number of hydrogen-bond donors (Lipinski definition) is 1. The third kappa shape index (κ3) is 2.44. The molecule has 1 aromatic carbocycles. The monoisotopic (exact) mass is 287 g/mol. The zero-order valence-corrected chi connectivity index (χ0v) is 11.8. The van der Waals surface area contributed by atoms with Gasteiger partial charge >= 0.3 is 0 Å². The summed E-state index contributed by atoms with van der Waals surface area (Å²) in [5.41, 5.74) is 1.89. The van der Waals surface area contributed by atoms with Crippen LogP contribution in [0.25, 0.3) is 10.9 Å². The zero-order valence-electron chi connectivity index (χ0n) is 11.0. The molecule has 0 radical (unpaired) electrons. The third-order valence-corrected chi connectivity index (χ3v) is 3.41. The van der Waals surface area contributed by atoms with Crippen LogP contribution in [0.1, 0.15) is 12.7 Å². The molecule has 0 saturated carbocycles. The predicted octanol–water partition coefficient (Wildman–Crippen LogP) is 3.11. The lowest BCUT2D eigenvalue weighted by Gasteiger charge is -2.09. The van der Waals surface area contributed by atoms with Gasteiger partial charge in [0.2, 0.25) is 0 Å². The van der Waals surface area contributed by atoms with Crippen molar-refractivity contribution < 1.29 is 0 Å². The maximum absolute atomic E-state index is 5.99. The SMILES string of the molecule is CCn1cnnc1CNc1ccnc2cc(Cl)ccc12. The van der Waals surface area contributed by atoms with Gasteiger partial charge in [0.25, 0.3) is 0 Å². The molecule has 102 valence electrons. The Hall–Kier alpha value is -2.14. The lowest BCUT2D eigenvalue weighted by molar-refractivity contribution is 0.708. The number of aryl methyl sites for hydroxylation is 1. The number of hydrogen-bond acceptors (Lipinski definition) is 4. The van der Waals surface area contributed by atoms with Crippen molar-refractivity contribution in [1.82, 2.24) is 19.7 Å². The van der Waals surface area contributed by atoms with Crippen molar-refractivity contribution in [2.24, 2.45) is 0 Å². The second-order valence-electron chi connectivity index (χ2n) is 4.41. The number of benzene rings is 1. The van der Waals surface area contributed by atoms with Crippen LogP contribution >= 0.6 is 11.6 Å². The molecular formula is C14H14ClN5. The van der Waals surface area contributed by atoms with Gasteiger partial charge in [0, 0.05) is 28.8 Å². The van der Waals surface area contributed by atoms with Crippen LogP contribution in [0.4, 0.5) is 5.69 Å². The highest BCUT2D eigenvalue weighted by Crippen LogP contribution is 2.24. The molecule has 20 heavy (non-hydrogen) atoms. The Morgan fingerprint density at radius 1 is 1.30 bits per heavy atom. The summed E-state index contributed by atoms with van der Waals surface area (Å²) in [6, 6.07) is 7.64. The van der Waals surface area contributed by atoms with Crippen LogP contribution in [0.5, 0.6) is 0 Å². The molecule has 0 bridgehead atoms. The smallest absolute Gasteiger partial charge is 0.152 e. The minimum absolute atomic E-state index is 0.621. The van der Waals surface area contributed by atoms with Crippen LogP contribution in [-0.4, -0.2) is 19.7 Å². The average Bonchev–Trinajstić information content (AvgIpc) is 2.92. The van der Waals surface area contributed by atoms with E-state index in [1.807, 2.05) is 28.8 Å². The summed E-state index contributed by atoms with van der Waals surface area (Å²) in [5, 5.41) is 13.1. The second kappa shape index (κ2) is 5.46. The lowest BCUT2D eigenvalue weighted by Crippen LogP contribution is -2.07. The van der Waals surface area contributed by atoms with Gasteiger partial charge in [-0.15, -0.1) is 10.2 Å². The van der Waals surface area contributed by atoms with Gasteiger partial charge in [0.15, 0.2) is 5.82 Å². The maximum atomic E-state index is 5.99. The van der Waals surface area contributed by atoms with E-state index in [9.17, 15) is 0 Å². The molecule has 2 heterocycles. The fourth-order valence-corrected chi connectivity index (χ4v) is 2.30. The van der Waals surface area contributed by atoms with Crippen LogP contribution in [0.2, 0.25) is 5.02 Å². The molecule has 0 aliphatic rings. The molecule has 2 aromatic heterocycles. The molecule has 5 nitrogen and oxygen atoms in total. The molecule has 0 amide bonds. The van der Waals surface area contributed by atoms with Gasteiger partial charge in [0.1, 0.15) is 6.33 Å². The summed E-state index contributed by atoms with van der Waals surface area (Å²) in [4.78, 5) is 4.32. The molecule has 1 N–H and O–H groups in total. The van der Waals surface area contributed by atoms with Gasteiger partial charge in [-0.25, -0.2) is 0 Å². The number of nitrogens with one attached hydrogen (secondary N) is 1. The normalized spacial score (nSPS) is 10.9. The first-order valence-electron chi connectivity index (χ1n) is 6.42. The molecule has 3 rings (SSSR count). The van der Waals surface area contributed by atoms with Gasteiger partial charge in [-0.3, -0.25) is 4.98 Å². The average molecular weight is 288 g/mol. The fraction of sp³-hybridized carbons (Fsp3) is 0.214. The van der Waals surface area contributed by atoms with Crippen LogP contribution in [0.15, 0.2) is 36.8 Å². The largest absolute Gasteiger partial charge is 0.377 e. The van der Waals surface area contributed by atoms with Crippen LogP contribution in [-0.2, 0) is 13.1 Å². The second-order valence-corrected chi connectivity index (χ2v) is 4.84. The van der Waals surface area contributed by atoms with E-state index in [0.29, 0.717) is 11.6 Å². The highest BCUT2D eigenvalue weighted by atomic mass is 35.5. The number of anilines is 1. The molecule has 0 atom stereocenters. The predicted molar refractivity (Wildman–Crippen MR) is 79.8 cm³/mol. The summed E-state index contributed by atoms with van der Waals surface area (Å²) in [5.74, 6) is 0.909. The van der Waals surface area contributed by atoms with E-state index in [2.05, 4.69) is 27.4 Å². The Labute approximate surface area is 121 Å². The Bertz CT molecular complexity index is 737. The number of nitrogens with zero attached hydrogens (tertiary/aromatic N) is 4. The highest BCUT2D eigenvalue weighted by Gasteiger charge is 2.05. The standard InChI is InChI=1S/C14H14ClN5/c1-2-20-9-18-19-14(20)8-17-12-5-6-16-13-7-10(15)3-4-11(12)13/h3-7,9H,2,8H2,1H3,(H,16,17). The van der Waals surface area contributed by atoms with Crippen LogP contribution in [0, 0.1) is 0 Å². The first-order chi connectivity index (χ1) is 9.78. The van der Waals surface area contributed by atoms with E-state index in [0.717, 1.165) is 29.0 Å². The van der Waals surface area contributed by atoms with Crippen LogP contribution in [0.3, 0.4) is 0 Å². The van der Waals surface area contributed by atoms with E-state index < -0.39 is 0 Å². The van der Waals surface area contributed by atoms with Crippen molar-refractivity contribution in [2.75, 3.05) is 5.32 Å². The minimum atomic E-state index is 0.621.